The SMILES string of the molecule is CCOc1ccc(CCNC(=O)CNC(=O)NCc2ccc(F)cc2)cc1OCC. The first kappa shape index (κ1) is 23.0. The Balaban J connectivity index is 1.68. The molecule has 0 radical (unpaired) electrons. The van der Waals surface area contributed by atoms with Crippen molar-refractivity contribution >= 4 is 11.9 Å². The number of rotatable bonds is 11. The molecular formula is C22H28FN3O4. The van der Waals surface area contributed by atoms with Gasteiger partial charge >= 0.3 is 6.03 Å². The predicted molar refractivity (Wildman–Crippen MR) is 112 cm³/mol. The van der Waals surface area contributed by atoms with Crippen molar-refractivity contribution in [2.75, 3.05) is 26.3 Å². The number of carbonyl (C=O) groups excluding carboxylic acids is 2. The van der Waals surface area contributed by atoms with E-state index >= 15 is 0 Å². The molecule has 8 heteroatoms. The molecule has 7 nitrogen and oxygen atoms in total. The standard InChI is InChI=1S/C22H28FN3O4/c1-3-29-19-10-7-16(13-20(19)30-4-2)11-12-24-21(27)15-26-22(28)25-14-17-5-8-18(23)9-6-17/h5-10,13H,3-4,11-12,14-15H2,1-2H3,(H,24,27)(H2,25,26,28). The van der Waals surface area contributed by atoms with E-state index in [9.17, 15) is 14.0 Å². The van der Waals surface area contributed by atoms with Crippen LogP contribution in [0.5, 0.6) is 11.5 Å². The van der Waals surface area contributed by atoms with Crippen LogP contribution in [-0.2, 0) is 17.8 Å². The van der Waals surface area contributed by atoms with Gasteiger partial charge < -0.3 is 25.4 Å². The summed E-state index contributed by atoms with van der Waals surface area (Å²) in [5, 5.41) is 7.86. The van der Waals surface area contributed by atoms with E-state index in [1.54, 1.807) is 12.1 Å². The first-order valence-electron chi connectivity index (χ1n) is 9.93. The van der Waals surface area contributed by atoms with Gasteiger partial charge in [0.2, 0.25) is 5.91 Å². The fourth-order valence-corrected chi connectivity index (χ4v) is 2.67. The number of hydrogen-bond acceptors (Lipinski definition) is 4. The van der Waals surface area contributed by atoms with Gasteiger partial charge in [-0.3, -0.25) is 4.79 Å². The molecule has 0 bridgehead atoms. The van der Waals surface area contributed by atoms with Gasteiger partial charge in [0.05, 0.1) is 19.8 Å². The summed E-state index contributed by atoms with van der Waals surface area (Å²) in [5.41, 5.74) is 1.77. The molecule has 0 aliphatic heterocycles. The molecular weight excluding hydrogens is 389 g/mol. The number of hydrogen-bond donors (Lipinski definition) is 3. The lowest BCUT2D eigenvalue weighted by Crippen LogP contribution is -2.42. The van der Waals surface area contributed by atoms with Crippen LogP contribution in [0.3, 0.4) is 0 Å². The average molecular weight is 417 g/mol. The Morgan fingerprint density at radius 2 is 1.53 bits per heavy atom. The summed E-state index contributed by atoms with van der Waals surface area (Å²) in [4.78, 5) is 23.7. The quantitative estimate of drug-likeness (QED) is 0.525. The minimum Gasteiger partial charge on any atom is -0.490 e. The molecule has 0 saturated carbocycles. The van der Waals surface area contributed by atoms with Crippen LogP contribution in [0, 0.1) is 5.82 Å². The smallest absolute Gasteiger partial charge is 0.315 e. The summed E-state index contributed by atoms with van der Waals surface area (Å²) >= 11 is 0. The molecule has 0 unspecified atom stereocenters. The van der Waals surface area contributed by atoms with Crippen LogP contribution >= 0.6 is 0 Å². The molecule has 30 heavy (non-hydrogen) atoms. The molecule has 0 aliphatic carbocycles. The summed E-state index contributed by atoms with van der Waals surface area (Å²) < 4.78 is 24.0. The molecule has 2 aromatic rings. The van der Waals surface area contributed by atoms with Gasteiger partial charge in [-0.25, -0.2) is 9.18 Å². The van der Waals surface area contributed by atoms with E-state index in [0.29, 0.717) is 37.7 Å². The van der Waals surface area contributed by atoms with Gasteiger partial charge in [0.15, 0.2) is 11.5 Å². The Morgan fingerprint density at radius 1 is 0.867 bits per heavy atom. The van der Waals surface area contributed by atoms with Gasteiger partial charge in [-0.1, -0.05) is 18.2 Å². The zero-order valence-corrected chi connectivity index (χ0v) is 17.3. The summed E-state index contributed by atoms with van der Waals surface area (Å²) in [6.07, 6.45) is 0.620. The highest BCUT2D eigenvalue weighted by atomic mass is 19.1. The van der Waals surface area contributed by atoms with Crippen LogP contribution in [0.1, 0.15) is 25.0 Å². The fourth-order valence-electron chi connectivity index (χ4n) is 2.67. The van der Waals surface area contributed by atoms with Gasteiger partial charge in [0.1, 0.15) is 5.82 Å². The van der Waals surface area contributed by atoms with Gasteiger partial charge in [-0.2, -0.15) is 0 Å². The van der Waals surface area contributed by atoms with E-state index in [2.05, 4.69) is 16.0 Å². The van der Waals surface area contributed by atoms with E-state index in [4.69, 9.17) is 9.47 Å². The van der Waals surface area contributed by atoms with E-state index < -0.39 is 6.03 Å². The van der Waals surface area contributed by atoms with Crippen molar-refractivity contribution in [2.45, 2.75) is 26.8 Å². The van der Waals surface area contributed by atoms with E-state index in [1.165, 1.54) is 12.1 Å². The number of urea groups is 1. The molecule has 0 spiro atoms. The summed E-state index contributed by atoms with van der Waals surface area (Å²) in [6, 6.07) is 11.0. The Hall–Kier alpha value is -3.29. The highest BCUT2D eigenvalue weighted by Gasteiger charge is 2.08. The van der Waals surface area contributed by atoms with Crippen molar-refractivity contribution in [3.05, 3.63) is 59.4 Å². The van der Waals surface area contributed by atoms with Crippen LogP contribution in [0.25, 0.3) is 0 Å². The molecule has 0 aliphatic rings. The molecule has 0 aromatic heterocycles. The third kappa shape index (κ3) is 7.98. The molecule has 0 atom stereocenters. The summed E-state index contributed by atoms with van der Waals surface area (Å²) in [7, 11) is 0. The normalized spacial score (nSPS) is 10.2. The molecule has 3 amide bonds. The monoisotopic (exact) mass is 417 g/mol. The molecule has 162 valence electrons. The Kier molecular flexibility index (Phi) is 9.44. The Morgan fingerprint density at radius 3 is 2.23 bits per heavy atom. The first-order valence-corrected chi connectivity index (χ1v) is 9.93. The van der Waals surface area contributed by atoms with Crippen LogP contribution in [0.2, 0.25) is 0 Å². The predicted octanol–water partition coefficient (Wildman–Crippen LogP) is 2.78. The summed E-state index contributed by atoms with van der Waals surface area (Å²) in [5.74, 6) is 0.757. The zero-order valence-electron chi connectivity index (χ0n) is 17.3. The third-order valence-electron chi connectivity index (χ3n) is 4.12. The van der Waals surface area contributed by atoms with Crippen LogP contribution in [0.15, 0.2) is 42.5 Å². The minimum atomic E-state index is -0.470. The van der Waals surface area contributed by atoms with Crippen molar-refractivity contribution in [1.29, 1.82) is 0 Å². The number of carbonyl (C=O) groups is 2. The molecule has 2 aromatic carbocycles. The van der Waals surface area contributed by atoms with E-state index in [-0.39, 0.29) is 24.8 Å². The average Bonchev–Trinajstić information content (AvgIpc) is 2.74. The lowest BCUT2D eigenvalue weighted by atomic mass is 10.1. The molecule has 0 fully saturated rings. The van der Waals surface area contributed by atoms with Crippen LogP contribution in [0.4, 0.5) is 9.18 Å². The highest BCUT2D eigenvalue weighted by Crippen LogP contribution is 2.28. The maximum absolute atomic E-state index is 12.9. The second-order valence-electron chi connectivity index (χ2n) is 6.41. The van der Waals surface area contributed by atoms with Gasteiger partial charge in [0, 0.05) is 13.1 Å². The van der Waals surface area contributed by atoms with Crippen molar-refractivity contribution in [2.24, 2.45) is 0 Å². The van der Waals surface area contributed by atoms with Gasteiger partial charge in [0.25, 0.3) is 0 Å². The molecule has 0 heterocycles. The second-order valence-corrected chi connectivity index (χ2v) is 6.41. The largest absolute Gasteiger partial charge is 0.490 e. The van der Waals surface area contributed by atoms with E-state index in [1.807, 2.05) is 32.0 Å². The van der Waals surface area contributed by atoms with Crippen molar-refractivity contribution in [3.63, 3.8) is 0 Å². The van der Waals surface area contributed by atoms with E-state index in [0.717, 1.165) is 11.1 Å². The number of ether oxygens (including phenoxy) is 2. The Labute approximate surface area is 176 Å². The van der Waals surface area contributed by atoms with Crippen molar-refractivity contribution < 1.29 is 23.5 Å². The third-order valence-corrected chi connectivity index (χ3v) is 4.12. The maximum atomic E-state index is 12.9. The maximum Gasteiger partial charge on any atom is 0.315 e. The Bertz CT molecular complexity index is 828. The number of nitrogens with one attached hydrogen (secondary N) is 3. The van der Waals surface area contributed by atoms with Gasteiger partial charge in [-0.05, 0) is 55.7 Å². The minimum absolute atomic E-state index is 0.136. The van der Waals surface area contributed by atoms with Crippen molar-refractivity contribution in [3.8, 4) is 11.5 Å². The number of halogens is 1. The molecule has 0 saturated heterocycles. The van der Waals surface area contributed by atoms with Crippen molar-refractivity contribution in [1.82, 2.24) is 16.0 Å². The fraction of sp³-hybridized carbons (Fsp3) is 0.364. The zero-order chi connectivity index (χ0) is 21.8. The van der Waals surface area contributed by atoms with Gasteiger partial charge in [-0.15, -0.1) is 0 Å². The lowest BCUT2D eigenvalue weighted by molar-refractivity contribution is -0.120. The first-order chi connectivity index (χ1) is 14.5. The summed E-state index contributed by atoms with van der Waals surface area (Å²) in [6.45, 7) is 5.45. The lowest BCUT2D eigenvalue weighted by Gasteiger charge is -2.13. The molecule has 3 N–H and O–H groups in total. The second kappa shape index (κ2) is 12.3. The molecule has 2 rings (SSSR count). The van der Waals surface area contributed by atoms with Crippen LogP contribution < -0.4 is 25.4 Å². The highest BCUT2D eigenvalue weighted by molar-refractivity contribution is 5.83. The number of amides is 3. The number of benzene rings is 2. The topological polar surface area (TPSA) is 88.7 Å². The van der Waals surface area contributed by atoms with Crippen LogP contribution in [-0.4, -0.2) is 38.2 Å².